The second-order valence-electron chi connectivity index (χ2n) is 4.67. The average Bonchev–Trinajstić information content (AvgIpc) is 2.67. The van der Waals surface area contributed by atoms with Gasteiger partial charge in [-0.05, 0) is 57.7 Å². The fourth-order valence-corrected chi connectivity index (χ4v) is 2.88. The molecular formula is C11H22N2. The third-order valence-corrected chi connectivity index (χ3v) is 3.75. The van der Waals surface area contributed by atoms with Crippen LogP contribution in [-0.4, -0.2) is 30.6 Å². The third-order valence-electron chi connectivity index (χ3n) is 3.75. The Morgan fingerprint density at radius 2 is 1.85 bits per heavy atom. The predicted molar refractivity (Wildman–Crippen MR) is 55.6 cm³/mol. The van der Waals surface area contributed by atoms with Crippen molar-refractivity contribution < 1.29 is 0 Å². The van der Waals surface area contributed by atoms with Crippen LogP contribution in [0.2, 0.25) is 0 Å². The molecule has 2 N–H and O–H groups in total. The maximum atomic E-state index is 5.71. The Balaban J connectivity index is 1.80. The molecule has 1 aliphatic carbocycles. The Morgan fingerprint density at radius 3 is 2.46 bits per heavy atom. The fraction of sp³-hybridized carbons (Fsp3) is 1.00. The van der Waals surface area contributed by atoms with Gasteiger partial charge in [-0.1, -0.05) is 6.42 Å². The summed E-state index contributed by atoms with van der Waals surface area (Å²) in [6.07, 6.45) is 8.44. The molecule has 0 aromatic rings. The smallest absolute Gasteiger partial charge is 0.00984 e. The van der Waals surface area contributed by atoms with Gasteiger partial charge in [0.25, 0.3) is 0 Å². The van der Waals surface area contributed by atoms with Gasteiger partial charge in [0.2, 0.25) is 0 Å². The van der Waals surface area contributed by atoms with Crippen LogP contribution in [0.1, 0.15) is 38.5 Å². The SMILES string of the molecule is NCC1CCC(N2CCCCC2)C1. The topological polar surface area (TPSA) is 29.3 Å². The van der Waals surface area contributed by atoms with E-state index < -0.39 is 0 Å². The molecule has 76 valence electrons. The first kappa shape index (κ1) is 9.47. The quantitative estimate of drug-likeness (QED) is 0.703. The van der Waals surface area contributed by atoms with Crippen LogP contribution in [0.3, 0.4) is 0 Å². The highest BCUT2D eigenvalue weighted by molar-refractivity contribution is 4.84. The molecule has 0 radical (unpaired) electrons. The molecule has 1 saturated heterocycles. The third kappa shape index (κ3) is 2.23. The van der Waals surface area contributed by atoms with E-state index in [9.17, 15) is 0 Å². The lowest BCUT2D eigenvalue weighted by molar-refractivity contribution is 0.162. The molecule has 0 aromatic carbocycles. The van der Waals surface area contributed by atoms with E-state index in [0.717, 1.165) is 18.5 Å². The van der Waals surface area contributed by atoms with Crippen molar-refractivity contribution in [2.75, 3.05) is 19.6 Å². The summed E-state index contributed by atoms with van der Waals surface area (Å²) in [7, 11) is 0. The summed E-state index contributed by atoms with van der Waals surface area (Å²) < 4.78 is 0. The molecule has 2 rings (SSSR count). The van der Waals surface area contributed by atoms with Crippen LogP contribution in [-0.2, 0) is 0 Å². The molecule has 2 fully saturated rings. The molecule has 0 bridgehead atoms. The highest BCUT2D eigenvalue weighted by Crippen LogP contribution is 2.30. The van der Waals surface area contributed by atoms with E-state index >= 15 is 0 Å². The van der Waals surface area contributed by atoms with Gasteiger partial charge < -0.3 is 10.6 Å². The van der Waals surface area contributed by atoms with Crippen LogP contribution in [0.4, 0.5) is 0 Å². The number of nitrogens with two attached hydrogens (primary N) is 1. The van der Waals surface area contributed by atoms with Gasteiger partial charge in [0.15, 0.2) is 0 Å². The second kappa shape index (κ2) is 4.43. The summed E-state index contributed by atoms with van der Waals surface area (Å²) in [6, 6.07) is 0.883. The van der Waals surface area contributed by atoms with E-state index in [0.29, 0.717) is 0 Å². The van der Waals surface area contributed by atoms with E-state index in [2.05, 4.69) is 4.90 Å². The first-order valence-corrected chi connectivity index (χ1v) is 5.84. The van der Waals surface area contributed by atoms with Gasteiger partial charge in [0.1, 0.15) is 0 Å². The molecule has 0 aromatic heterocycles. The van der Waals surface area contributed by atoms with Crippen molar-refractivity contribution >= 4 is 0 Å². The first-order valence-electron chi connectivity index (χ1n) is 5.84. The zero-order valence-electron chi connectivity index (χ0n) is 8.54. The second-order valence-corrected chi connectivity index (χ2v) is 4.67. The van der Waals surface area contributed by atoms with E-state index in [4.69, 9.17) is 5.73 Å². The summed E-state index contributed by atoms with van der Waals surface area (Å²) in [4.78, 5) is 2.71. The number of hydrogen-bond donors (Lipinski definition) is 1. The molecule has 1 saturated carbocycles. The number of hydrogen-bond acceptors (Lipinski definition) is 2. The lowest BCUT2D eigenvalue weighted by Crippen LogP contribution is -2.37. The highest BCUT2D eigenvalue weighted by Gasteiger charge is 2.28. The molecule has 2 aliphatic rings. The predicted octanol–water partition coefficient (Wildman–Crippen LogP) is 1.60. The van der Waals surface area contributed by atoms with Gasteiger partial charge >= 0.3 is 0 Å². The maximum Gasteiger partial charge on any atom is 0.00984 e. The average molecular weight is 182 g/mol. The Labute approximate surface area is 81.5 Å². The van der Waals surface area contributed by atoms with Gasteiger partial charge in [0.05, 0.1) is 0 Å². The van der Waals surface area contributed by atoms with Crippen LogP contribution in [0, 0.1) is 5.92 Å². The van der Waals surface area contributed by atoms with E-state index in [1.165, 1.54) is 51.6 Å². The minimum Gasteiger partial charge on any atom is -0.330 e. The fourth-order valence-electron chi connectivity index (χ4n) is 2.88. The Kier molecular flexibility index (Phi) is 3.23. The van der Waals surface area contributed by atoms with Crippen LogP contribution >= 0.6 is 0 Å². The molecule has 1 heterocycles. The molecular weight excluding hydrogens is 160 g/mol. The van der Waals surface area contributed by atoms with Gasteiger partial charge in [-0.2, -0.15) is 0 Å². The standard InChI is InChI=1S/C11H22N2/c12-9-10-4-5-11(8-10)13-6-2-1-3-7-13/h10-11H,1-9,12H2. The lowest BCUT2D eigenvalue weighted by atomic mass is 10.1. The van der Waals surface area contributed by atoms with Crippen molar-refractivity contribution in [3.8, 4) is 0 Å². The normalized spacial score (nSPS) is 36.7. The summed E-state index contributed by atoms with van der Waals surface area (Å²) in [5.74, 6) is 0.826. The first-order chi connectivity index (χ1) is 6.40. The minimum atomic E-state index is 0.826. The largest absolute Gasteiger partial charge is 0.330 e. The minimum absolute atomic E-state index is 0.826. The molecule has 1 aliphatic heterocycles. The summed E-state index contributed by atoms with van der Waals surface area (Å²) in [6.45, 7) is 3.61. The van der Waals surface area contributed by atoms with Crippen molar-refractivity contribution in [1.29, 1.82) is 0 Å². The number of piperidine rings is 1. The van der Waals surface area contributed by atoms with E-state index in [1.54, 1.807) is 0 Å². The number of likely N-dealkylation sites (tertiary alicyclic amines) is 1. The molecule has 2 atom stereocenters. The zero-order chi connectivity index (χ0) is 9.10. The number of rotatable bonds is 2. The van der Waals surface area contributed by atoms with Crippen molar-refractivity contribution in [2.24, 2.45) is 11.7 Å². The Morgan fingerprint density at radius 1 is 1.08 bits per heavy atom. The summed E-state index contributed by atoms with van der Waals surface area (Å²) in [5, 5.41) is 0. The maximum absolute atomic E-state index is 5.71. The Hall–Kier alpha value is -0.0800. The van der Waals surface area contributed by atoms with Crippen LogP contribution in [0.15, 0.2) is 0 Å². The van der Waals surface area contributed by atoms with Crippen molar-refractivity contribution in [1.82, 2.24) is 4.90 Å². The highest BCUT2D eigenvalue weighted by atomic mass is 15.2. The van der Waals surface area contributed by atoms with Gasteiger partial charge in [-0.3, -0.25) is 0 Å². The molecule has 0 spiro atoms. The van der Waals surface area contributed by atoms with Gasteiger partial charge in [-0.15, -0.1) is 0 Å². The zero-order valence-corrected chi connectivity index (χ0v) is 8.54. The van der Waals surface area contributed by atoms with Crippen LogP contribution in [0.25, 0.3) is 0 Å². The molecule has 2 heteroatoms. The van der Waals surface area contributed by atoms with Crippen molar-refractivity contribution in [3.05, 3.63) is 0 Å². The van der Waals surface area contributed by atoms with Crippen molar-refractivity contribution in [3.63, 3.8) is 0 Å². The summed E-state index contributed by atoms with van der Waals surface area (Å²) >= 11 is 0. The molecule has 2 unspecified atom stereocenters. The van der Waals surface area contributed by atoms with Gasteiger partial charge in [0, 0.05) is 6.04 Å². The monoisotopic (exact) mass is 182 g/mol. The van der Waals surface area contributed by atoms with E-state index in [1.807, 2.05) is 0 Å². The lowest BCUT2D eigenvalue weighted by Gasteiger charge is -2.32. The number of nitrogens with zero attached hydrogens (tertiary/aromatic N) is 1. The summed E-state index contributed by atoms with van der Waals surface area (Å²) in [5.41, 5.74) is 5.71. The molecule has 0 amide bonds. The van der Waals surface area contributed by atoms with Gasteiger partial charge in [-0.25, -0.2) is 0 Å². The van der Waals surface area contributed by atoms with Crippen molar-refractivity contribution in [2.45, 2.75) is 44.6 Å². The van der Waals surface area contributed by atoms with E-state index in [-0.39, 0.29) is 0 Å². The van der Waals surface area contributed by atoms with Crippen LogP contribution < -0.4 is 5.73 Å². The molecule has 13 heavy (non-hydrogen) atoms. The Bertz CT molecular complexity index is 152. The molecule has 2 nitrogen and oxygen atoms in total. The van der Waals surface area contributed by atoms with Crippen LogP contribution in [0.5, 0.6) is 0 Å².